The van der Waals surface area contributed by atoms with Crippen molar-refractivity contribution in [1.82, 2.24) is 0 Å². The minimum absolute atomic E-state index is 0.0852. The van der Waals surface area contributed by atoms with Gasteiger partial charge < -0.3 is 15.1 Å². The normalized spacial score (nSPS) is 10.4. The van der Waals surface area contributed by atoms with Crippen molar-refractivity contribution < 1.29 is 10.2 Å². The van der Waals surface area contributed by atoms with Crippen LogP contribution in [0.1, 0.15) is 11.1 Å². The van der Waals surface area contributed by atoms with Crippen molar-refractivity contribution in [3.63, 3.8) is 0 Å². The Labute approximate surface area is 113 Å². The second-order valence-electron chi connectivity index (χ2n) is 4.55. The number of phenols is 1. The van der Waals surface area contributed by atoms with Crippen LogP contribution in [0.5, 0.6) is 5.75 Å². The van der Waals surface area contributed by atoms with Gasteiger partial charge in [0.05, 0.1) is 6.61 Å². The average molecular weight is 257 g/mol. The van der Waals surface area contributed by atoms with E-state index in [-0.39, 0.29) is 12.4 Å². The van der Waals surface area contributed by atoms with Crippen molar-refractivity contribution in [2.75, 3.05) is 18.1 Å². The van der Waals surface area contributed by atoms with Crippen molar-refractivity contribution in [3.05, 3.63) is 59.7 Å². The molecule has 3 nitrogen and oxygen atoms in total. The quantitative estimate of drug-likeness (QED) is 0.865. The first-order valence-corrected chi connectivity index (χ1v) is 6.40. The molecular formula is C16H19NO2. The van der Waals surface area contributed by atoms with Gasteiger partial charge in [0.1, 0.15) is 5.75 Å². The van der Waals surface area contributed by atoms with E-state index in [4.69, 9.17) is 0 Å². The third-order valence-electron chi connectivity index (χ3n) is 3.20. The number of anilines is 1. The minimum Gasteiger partial charge on any atom is -0.508 e. The van der Waals surface area contributed by atoms with Gasteiger partial charge in [-0.25, -0.2) is 0 Å². The fourth-order valence-electron chi connectivity index (χ4n) is 2.16. The lowest BCUT2D eigenvalue weighted by atomic mass is 10.1. The first-order valence-electron chi connectivity index (χ1n) is 6.40. The molecular weight excluding hydrogens is 238 g/mol. The third kappa shape index (κ3) is 3.26. The summed E-state index contributed by atoms with van der Waals surface area (Å²) in [4.78, 5) is 2.07. The molecule has 0 aromatic heterocycles. The van der Waals surface area contributed by atoms with Gasteiger partial charge >= 0.3 is 0 Å². The third-order valence-corrected chi connectivity index (χ3v) is 3.20. The molecule has 0 fully saturated rings. The molecule has 0 unspecified atom stereocenters. The van der Waals surface area contributed by atoms with Crippen molar-refractivity contribution in [1.29, 1.82) is 0 Å². The van der Waals surface area contributed by atoms with E-state index in [2.05, 4.69) is 17.0 Å². The van der Waals surface area contributed by atoms with Crippen LogP contribution in [0.4, 0.5) is 5.69 Å². The highest BCUT2D eigenvalue weighted by Crippen LogP contribution is 2.28. The summed E-state index contributed by atoms with van der Waals surface area (Å²) in [7, 11) is 0. The van der Waals surface area contributed by atoms with E-state index >= 15 is 0 Å². The Kier molecular flexibility index (Phi) is 4.42. The van der Waals surface area contributed by atoms with Crippen LogP contribution in [0.15, 0.2) is 48.5 Å². The van der Waals surface area contributed by atoms with Crippen molar-refractivity contribution in [2.24, 2.45) is 0 Å². The van der Waals surface area contributed by atoms with Gasteiger partial charge in [0.15, 0.2) is 0 Å². The van der Waals surface area contributed by atoms with Gasteiger partial charge in [-0.3, -0.25) is 0 Å². The topological polar surface area (TPSA) is 43.7 Å². The van der Waals surface area contributed by atoms with Crippen LogP contribution in [0, 0.1) is 6.92 Å². The Balaban J connectivity index is 2.27. The Bertz CT molecular complexity index is 526. The van der Waals surface area contributed by atoms with E-state index in [1.807, 2.05) is 37.3 Å². The summed E-state index contributed by atoms with van der Waals surface area (Å²) in [5.74, 6) is 0.286. The highest BCUT2D eigenvalue weighted by atomic mass is 16.3. The van der Waals surface area contributed by atoms with Crippen molar-refractivity contribution in [3.8, 4) is 5.75 Å². The standard InChI is InChI=1S/C16H19NO2/c1-13-15(8-5-9-16(13)19)17(10-11-18)12-14-6-3-2-4-7-14/h2-9,18-19H,10-12H2,1H3. The smallest absolute Gasteiger partial charge is 0.120 e. The molecule has 0 heterocycles. The van der Waals surface area contributed by atoms with E-state index in [1.54, 1.807) is 6.07 Å². The Morgan fingerprint density at radius 2 is 1.74 bits per heavy atom. The molecule has 0 aliphatic carbocycles. The maximum absolute atomic E-state index is 9.79. The van der Waals surface area contributed by atoms with Crippen LogP contribution >= 0.6 is 0 Å². The molecule has 0 atom stereocenters. The molecule has 0 aliphatic heterocycles. The summed E-state index contributed by atoms with van der Waals surface area (Å²) in [5.41, 5.74) is 2.98. The number of aliphatic hydroxyl groups is 1. The second kappa shape index (κ2) is 6.25. The maximum Gasteiger partial charge on any atom is 0.120 e. The van der Waals surface area contributed by atoms with Crippen LogP contribution in [0.2, 0.25) is 0 Å². The van der Waals surface area contributed by atoms with E-state index in [1.165, 1.54) is 5.56 Å². The molecule has 0 bridgehead atoms. The number of aliphatic hydroxyl groups excluding tert-OH is 1. The highest BCUT2D eigenvalue weighted by molar-refractivity contribution is 5.58. The number of aromatic hydroxyl groups is 1. The first kappa shape index (κ1) is 13.4. The molecule has 0 saturated carbocycles. The zero-order valence-corrected chi connectivity index (χ0v) is 11.1. The number of benzene rings is 2. The molecule has 2 aromatic carbocycles. The molecule has 0 saturated heterocycles. The van der Waals surface area contributed by atoms with Crippen LogP contribution in [0.25, 0.3) is 0 Å². The number of hydrogen-bond donors (Lipinski definition) is 2. The Morgan fingerprint density at radius 3 is 2.42 bits per heavy atom. The molecule has 0 radical (unpaired) electrons. The van der Waals surface area contributed by atoms with Crippen molar-refractivity contribution >= 4 is 5.69 Å². The van der Waals surface area contributed by atoms with E-state index in [0.717, 1.165) is 11.3 Å². The number of rotatable bonds is 5. The summed E-state index contributed by atoms with van der Waals surface area (Å²) in [6.45, 7) is 3.23. The first-order chi connectivity index (χ1) is 9.22. The lowest BCUT2D eigenvalue weighted by Crippen LogP contribution is -2.26. The van der Waals surface area contributed by atoms with Gasteiger partial charge in [0.2, 0.25) is 0 Å². The van der Waals surface area contributed by atoms with Crippen LogP contribution in [-0.4, -0.2) is 23.4 Å². The summed E-state index contributed by atoms with van der Waals surface area (Å²) in [6, 6.07) is 15.6. The predicted octanol–water partition coefficient (Wildman–Crippen LogP) is 2.70. The van der Waals surface area contributed by atoms with Crippen LogP contribution < -0.4 is 4.90 Å². The molecule has 2 rings (SSSR count). The van der Waals surface area contributed by atoms with E-state index < -0.39 is 0 Å². The lowest BCUT2D eigenvalue weighted by Gasteiger charge is -2.26. The second-order valence-corrected chi connectivity index (χ2v) is 4.55. The van der Waals surface area contributed by atoms with E-state index in [9.17, 15) is 10.2 Å². The zero-order chi connectivity index (χ0) is 13.7. The molecule has 2 aromatic rings. The molecule has 0 aliphatic rings. The maximum atomic E-state index is 9.79. The van der Waals surface area contributed by atoms with Gasteiger partial charge in [0, 0.05) is 24.3 Å². The number of nitrogens with zero attached hydrogens (tertiary/aromatic N) is 1. The van der Waals surface area contributed by atoms with Gasteiger partial charge in [-0.05, 0) is 24.6 Å². The Hall–Kier alpha value is -2.00. The van der Waals surface area contributed by atoms with Gasteiger partial charge in [0.25, 0.3) is 0 Å². The zero-order valence-electron chi connectivity index (χ0n) is 11.1. The summed E-state index contributed by atoms with van der Waals surface area (Å²) < 4.78 is 0. The number of hydrogen-bond acceptors (Lipinski definition) is 3. The molecule has 2 N–H and O–H groups in total. The lowest BCUT2D eigenvalue weighted by molar-refractivity contribution is 0.301. The minimum atomic E-state index is 0.0852. The van der Waals surface area contributed by atoms with Crippen LogP contribution in [0.3, 0.4) is 0 Å². The highest BCUT2D eigenvalue weighted by Gasteiger charge is 2.11. The predicted molar refractivity (Wildman–Crippen MR) is 77.4 cm³/mol. The monoisotopic (exact) mass is 257 g/mol. The summed E-state index contributed by atoms with van der Waals surface area (Å²) in [6.07, 6.45) is 0. The number of phenolic OH excluding ortho intramolecular Hbond substituents is 1. The average Bonchev–Trinajstić information content (AvgIpc) is 2.43. The fourth-order valence-corrected chi connectivity index (χ4v) is 2.16. The summed E-state index contributed by atoms with van der Waals surface area (Å²) in [5, 5.41) is 19.0. The van der Waals surface area contributed by atoms with E-state index in [0.29, 0.717) is 13.1 Å². The van der Waals surface area contributed by atoms with Gasteiger partial charge in [-0.1, -0.05) is 36.4 Å². The molecule has 0 spiro atoms. The van der Waals surface area contributed by atoms with Gasteiger partial charge in [-0.2, -0.15) is 0 Å². The van der Waals surface area contributed by atoms with Crippen molar-refractivity contribution in [2.45, 2.75) is 13.5 Å². The van der Waals surface area contributed by atoms with Crippen LogP contribution in [-0.2, 0) is 6.54 Å². The largest absolute Gasteiger partial charge is 0.508 e. The molecule has 3 heteroatoms. The molecule has 0 amide bonds. The summed E-state index contributed by atoms with van der Waals surface area (Å²) >= 11 is 0. The molecule has 19 heavy (non-hydrogen) atoms. The molecule has 100 valence electrons. The Morgan fingerprint density at radius 1 is 1.00 bits per heavy atom. The fraction of sp³-hybridized carbons (Fsp3) is 0.250. The van der Waals surface area contributed by atoms with Gasteiger partial charge in [-0.15, -0.1) is 0 Å². The SMILES string of the molecule is Cc1c(O)cccc1N(CCO)Cc1ccccc1.